The number of rotatable bonds is 5. The highest BCUT2D eigenvalue weighted by atomic mass is 19.4. The van der Waals surface area contributed by atoms with Gasteiger partial charge in [0.05, 0.1) is 16.6 Å². The molecule has 0 saturated heterocycles. The van der Waals surface area contributed by atoms with E-state index in [1.807, 2.05) is 0 Å². The van der Waals surface area contributed by atoms with Gasteiger partial charge in [0.1, 0.15) is 5.82 Å². The number of fused-ring (bicyclic) bond motifs is 1. The molecule has 4 nitrogen and oxygen atoms in total. The van der Waals surface area contributed by atoms with Crippen molar-refractivity contribution in [3.05, 3.63) is 71.7 Å². The Bertz CT molecular complexity index is 973. The number of anilines is 1. The number of alkyl halides is 3. The van der Waals surface area contributed by atoms with Gasteiger partial charge >= 0.3 is 6.18 Å². The molecule has 8 heteroatoms. The second-order valence-electron chi connectivity index (χ2n) is 5.75. The Morgan fingerprint density at radius 1 is 1.04 bits per heavy atom. The van der Waals surface area contributed by atoms with Gasteiger partial charge in [0, 0.05) is 30.4 Å². The lowest BCUT2D eigenvalue weighted by atomic mass is 10.1. The maximum atomic E-state index is 13.5. The molecule has 140 valence electrons. The number of carbonyl (C=O) groups excluding carboxylic acids is 1. The predicted molar refractivity (Wildman–Crippen MR) is 94.0 cm³/mol. The van der Waals surface area contributed by atoms with Crippen LogP contribution in [0.25, 0.3) is 10.9 Å². The second-order valence-corrected chi connectivity index (χ2v) is 5.75. The highest BCUT2D eigenvalue weighted by Crippen LogP contribution is 2.32. The molecule has 0 unspecified atom stereocenters. The van der Waals surface area contributed by atoms with Gasteiger partial charge in [0.25, 0.3) is 5.91 Å². The molecule has 0 aliphatic carbocycles. The summed E-state index contributed by atoms with van der Waals surface area (Å²) in [6, 6.07) is 10.6. The molecule has 2 N–H and O–H groups in total. The Morgan fingerprint density at radius 2 is 1.81 bits per heavy atom. The third-order valence-corrected chi connectivity index (χ3v) is 3.91. The van der Waals surface area contributed by atoms with E-state index in [0.717, 1.165) is 12.1 Å². The average Bonchev–Trinajstić information content (AvgIpc) is 2.64. The van der Waals surface area contributed by atoms with Crippen LogP contribution in [0.5, 0.6) is 0 Å². The van der Waals surface area contributed by atoms with Crippen molar-refractivity contribution in [1.29, 1.82) is 0 Å². The van der Waals surface area contributed by atoms with Gasteiger partial charge in [-0.1, -0.05) is 18.2 Å². The summed E-state index contributed by atoms with van der Waals surface area (Å²) >= 11 is 0. The van der Waals surface area contributed by atoms with Gasteiger partial charge in [0.2, 0.25) is 0 Å². The number of aromatic nitrogens is 1. The number of hydrogen-bond acceptors (Lipinski definition) is 3. The highest BCUT2D eigenvalue weighted by molar-refractivity contribution is 5.94. The SMILES string of the molecule is O=C(NCCNc1ccnc2cc(C(F)(F)F)ccc12)c1ccccc1F. The summed E-state index contributed by atoms with van der Waals surface area (Å²) in [5.74, 6) is -1.15. The topological polar surface area (TPSA) is 54.0 Å². The fourth-order valence-corrected chi connectivity index (χ4v) is 2.59. The number of hydrogen-bond donors (Lipinski definition) is 2. The van der Waals surface area contributed by atoms with Gasteiger partial charge in [-0.25, -0.2) is 4.39 Å². The van der Waals surface area contributed by atoms with E-state index in [2.05, 4.69) is 15.6 Å². The predicted octanol–water partition coefficient (Wildman–Crippen LogP) is 4.23. The van der Waals surface area contributed by atoms with E-state index in [0.29, 0.717) is 17.6 Å². The number of pyridine rings is 1. The zero-order chi connectivity index (χ0) is 19.4. The van der Waals surface area contributed by atoms with Crippen LogP contribution in [0.4, 0.5) is 23.2 Å². The van der Waals surface area contributed by atoms with Crippen molar-refractivity contribution in [3.8, 4) is 0 Å². The van der Waals surface area contributed by atoms with Crippen molar-refractivity contribution in [1.82, 2.24) is 10.3 Å². The number of halogens is 4. The molecule has 0 aliphatic heterocycles. The minimum Gasteiger partial charge on any atom is -0.383 e. The summed E-state index contributed by atoms with van der Waals surface area (Å²) < 4.78 is 51.9. The molecule has 0 fully saturated rings. The van der Waals surface area contributed by atoms with Crippen LogP contribution in [0.2, 0.25) is 0 Å². The smallest absolute Gasteiger partial charge is 0.383 e. The van der Waals surface area contributed by atoms with Crippen molar-refractivity contribution < 1.29 is 22.4 Å². The van der Waals surface area contributed by atoms with E-state index in [4.69, 9.17) is 0 Å². The quantitative estimate of drug-likeness (QED) is 0.517. The number of amides is 1. The third kappa shape index (κ3) is 4.33. The molecule has 0 aliphatic rings. The van der Waals surface area contributed by atoms with Gasteiger partial charge in [-0.3, -0.25) is 9.78 Å². The Morgan fingerprint density at radius 3 is 2.56 bits per heavy atom. The van der Waals surface area contributed by atoms with E-state index < -0.39 is 23.5 Å². The van der Waals surface area contributed by atoms with Gasteiger partial charge in [-0.15, -0.1) is 0 Å². The molecule has 3 rings (SSSR count). The maximum absolute atomic E-state index is 13.5. The number of nitrogens with one attached hydrogen (secondary N) is 2. The van der Waals surface area contributed by atoms with Crippen molar-refractivity contribution >= 4 is 22.5 Å². The van der Waals surface area contributed by atoms with Crippen LogP contribution in [0.3, 0.4) is 0 Å². The largest absolute Gasteiger partial charge is 0.416 e. The molecular formula is C19H15F4N3O. The van der Waals surface area contributed by atoms with Crippen LogP contribution < -0.4 is 10.6 Å². The Hall–Kier alpha value is -3.16. The van der Waals surface area contributed by atoms with E-state index >= 15 is 0 Å². The summed E-state index contributed by atoms with van der Waals surface area (Å²) in [6.07, 6.45) is -3.03. The van der Waals surface area contributed by atoms with E-state index in [-0.39, 0.29) is 17.6 Å². The van der Waals surface area contributed by atoms with Crippen molar-refractivity contribution in [2.75, 3.05) is 18.4 Å². The van der Waals surface area contributed by atoms with E-state index in [1.165, 1.54) is 30.5 Å². The standard InChI is InChI=1S/C19H15F4N3O/c20-15-4-2-1-3-13(15)18(27)26-10-9-25-16-7-8-24-17-11-12(19(21,22)23)5-6-14(16)17/h1-8,11H,9-10H2,(H,24,25)(H,26,27). The zero-order valence-electron chi connectivity index (χ0n) is 14.0. The Balaban J connectivity index is 1.64. The summed E-state index contributed by atoms with van der Waals surface area (Å²) in [6.45, 7) is 0.512. The molecule has 0 bridgehead atoms. The minimum atomic E-state index is -4.43. The summed E-state index contributed by atoms with van der Waals surface area (Å²) in [4.78, 5) is 15.9. The lowest BCUT2D eigenvalue weighted by molar-refractivity contribution is -0.137. The molecule has 1 aromatic heterocycles. The Labute approximate surface area is 152 Å². The summed E-state index contributed by atoms with van der Waals surface area (Å²) in [5, 5.41) is 6.15. The summed E-state index contributed by atoms with van der Waals surface area (Å²) in [7, 11) is 0. The molecule has 1 heterocycles. The number of nitrogens with zero attached hydrogens (tertiary/aromatic N) is 1. The summed E-state index contributed by atoms with van der Waals surface area (Å²) in [5.41, 5.74) is -0.0116. The molecule has 0 radical (unpaired) electrons. The molecule has 2 aromatic carbocycles. The normalized spacial score (nSPS) is 11.4. The van der Waals surface area contributed by atoms with Gasteiger partial charge in [-0.05, 0) is 30.3 Å². The minimum absolute atomic E-state index is 0.0495. The maximum Gasteiger partial charge on any atom is 0.416 e. The molecular weight excluding hydrogens is 362 g/mol. The molecule has 0 saturated carbocycles. The highest BCUT2D eigenvalue weighted by Gasteiger charge is 2.30. The molecule has 3 aromatic rings. The number of carbonyl (C=O) groups is 1. The van der Waals surface area contributed by atoms with Crippen molar-refractivity contribution in [3.63, 3.8) is 0 Å². The van der Waals surface area contributed by atoms with Crippen LogP contribution in [-0.4, -0.2) is 24.0 Å². The fraction of sp³-hybridized carbons (Fsp3) is 0.158. The monoisotopic (exact) mass is 377 g/mol. The van der Waals surface area contributed by atoms with Gasteiger partial charge < -0.3 is 10.6 Å². The van der Waals surface area contributed by atoms with Crippen LogP contribution in [0.1, 0.15) is 15.9 Å². The van der Waals surface area contributed by atoms with Crippen LogP contribution in [-0.2, 0) is 6.18 Å². The van der Waals surface area contributed by atoms with Crippen molar-refractivity contribution in [2.45, 2.75) is 6.18 Å². The lowest BCUT2D eigenvalue weighted by Crippen LogP contribution is -2.29. The van der Waals surface area contributed by atoms with E-state index in [9.17, 15) is 22.4 Å². The molecule has 0 spiro atoms. The van der Waals surface area contributed by atoms with Crippen LogP contribution >= 0.6 is 0 Å². The molecule has 0 atom stereocenters. The average molecular weight is 377 g/mol. The fourth-order valence-electron chi connectivity index (χ4n) is 2.59. The lowest BCUT2D eigenvalue weighted by Gasteiger charge is -2.12. The Kier molecular flexibility index (Phi) is 5.25. The molecule has 27 heavy (non-hydrogen) atoms. The van der Waals surface area contributed by atoms with Crippen LogP contribution in [0, 0.1) is 5.82 Å². The first-order chi connectivity index (χ1) is 12.9. The first kappa shape index (κ1) is 18.6. The second kappa shape index (κ2) is 7.61. The molecule has 1 amide bonds. The zero-order valence-corrected chi connectivity index (χ0v) is 14.0. The van der Waals surface area contributed by atoms with E-state index in [1.54, 1.807) is 12.1 Å². The van der Waals surface area contributed by atoms with Gasteiger partial charge in [0.15, 0.2) is 0 Å². The third-order valence-electron chi connectivity index (χ3n) is 3.91. The van der Waals surface area contributed by atoms with Crippen molar-refractivity contribution in [2.24, 2.45) is 0 Å². The van der Waals surface area contributed by atoms with Crippen LogP contribution in [0.15, 0.2) is 54.7 Å². The first-order valence-corrected chi connectivity index (χ1v) is 8.09. The number of benzene rings is 2. The van der Waals surface area contributed by atoms with Gasteiger partial charge in [-0.2, -0.15) is 13.2 Å². The first-order valence-electron chi connectivity index (χ1n) is 8.09.